The second-order valence-corrected chi connectivity index (χ2v) is 6.74. The number of rotatable bonds is 7. The molecule has 0 unspecified atom stereocenters. The lowest BCUT2D eigenvalue weighted by molar-refractivity contribution is 0.102. The highest BCUT2D eigenvalue weighted by Gasteiger charge is 2.09. The first-order valence-corrected chi connectivity index (χ1v) is 9.80. The molecule has 0 atom stereocenters. The normalized spacial score (nSPS) is 10.3. The average molecular weight is 427 g/mol. The summed E-state index contributed by atoms with van der Waals surface area (Å²) in [5, 5.41) is 6.04. The maximum absolute atomic E-state index is 12.4. The van der Waals surface area contributed by atoms with Crippen molar-refractivity contribution < 1.29 is 14.3 Å². The van der Waals surface area contributed by atoms with Gasteiger partial charge in [-0.25, -0.2) is 9.97 Å². The van der Waals surface area contributed by atoms with Gasteiger partial charge in [-0.2, -0.15) is 0 Å². The number of carbonyl (C=O) groups excluding carboxylic acids is 1. The first kappa shape index (κ1) is 20.8. The monoisotopic (exact) mass is 427 g/mol. The van der Waals surface area contributed by atoms with Gasteiger partial charge in [0.25, 0.3) is 5.91 Å². The van der Waals surface area contributed by atoms with E-state index in [-0.39, 0.29) is 5.91 Å². The number of nitrogens with one attached hydrogen (secondary N) is 2. The molecule has 0 saturated heterocycles. The molecule has 0 aliphatic rings. The summed E-state index contributed by atoms with van der Waals surface area (Å²) in [6.07, 6.45) is 4.82. The summed E-state index contributed by atoms with van der Waals surface area (Å²) < 4.78 is 10.7. The van der Waals surface area contributed by atoms with Crippen LogP contribution in [0.25, 0.3) is 11.3 Å². The van der Waals surface area contributed by atoms with E-state index in [2.05, 4.69) is 25.6 Å². The maximum Gasteiger partial charge on any atom is 0.257 e. The molecule has 0 aliphatic carbocycles. The van der Waals surface area contributed by atoms with Crippen molar-refractivity contribution in [3.05, 3.63) is 84.8 Å². The fraction of sp³-hybridized carbons (Fsp3) is 0.0833. The Morgan fingerprint density at radius 1 is 0.875 bits per heavy atom. The lowest BCUT2D eigenvalue weighted by atomic mass is 10.1. The van der Waals surface area contributed by atoms with Crippen LogP contribution in [0.5, 0.6) is 11.5 Å². The molecule has 1 amide bonds. The summed E-state index contributed by atoms with van der Waals surface area (Å²) in [4.78, 5) is 25.2. The molecule has 4 rings (SSSR count). The Kier molecular flexibility index (Phi) is 6.22. The zero-order chi connectivity index (χ0) is 22.3. The molecule has 2 heterocycles. The minimum atomic E-state index is -0.234. The van der Waals surface area contributed by atoms with Crippen LogP contribution in [0.1, 0.15) is 10.4 Å². The zero-order valence-electron chi connectivity index (χ0n) is 17.6. The van der Waals surface area contributed by atoms with E-state index in [0.717, 1.165) is 16.9 Å². The number of amides is 1. The highest BCUT2D eigenvalue weighted by atomic mass is 16.5. The van der Waals surface area contributed by atoms with Crippen LogP contribution in [-0.2, 0) is 0 Å². The molecule has 0 saturated carbocycles. The van der Waals surface area contributed by atoms with Gasteiger partial charge in [0.1, 0.15) is 0 Å². The Hall–Kier alpha value is -4.46. The Bertz CT molecular complexity index is 1230. The van der Waals surface area contributed by atoms with E-state index in [4.69, 9.17) is 9.47 Å². The zero-order valence-corrected chi connectivity index (χ0v) is 17.6. The van der Waals surface area contributed by atoms with Crippen molar-refractivity contribution in [3.8, 4) is 22.8 Å². The highest BCUT2D eigenvalue weighted by molar-refractivity contribution is 6.04. The molecule has 0 radical (unpaired) electrons. The molecule has 0 bridgehead atoms. The van der Waals surface area contributed by atoms with Gasteiger partial charge >= 0.3 is 0 Å². The van der Waals surface area contributed by atoms with Crippen molar-refractivity contribution in [1.82, 2.24) is 15.0 Å². The van der Waals surface area contributed by atoms with Crippen molar-refractivity contribution in [3.63, 3.8) is 0 Å². The van der Waals surface area contributed by atoms with Gasteiger partial charge in [-0.15, -0.1) is 0 Å². The molecule has 2 aromatic heterocycles. The maximum atomic E-state index is 12.4. The van der Waals surface area contributed by atoms with Crippen LogP contribution in [0.2, 0.25) is 0 Å². The number of hydrogen-bond acceptors (Lipinski definition) is 7. The number of benzene rings is 2. The second kappa shape index (κ2) is 9.57. The van der Waals surface area contributed by atoms with Crippen molar-refractivity contribution in [2.24, 2.45) is 0 Å². The van der Waals surface area contributed by atoms with Crippen molar-refractivity contribution in [1.29, 1.82) is 0 Å². The molecule has 160 valence electrons. The minimum absolute atomic E-state index is 0.234. The highest BCUT2D eigenvalue weighted by Crippen LogP contribution is 2.32. The Morgan fingerprint density at radius 2 is 1.72 bits per heavy atom. The topological polar surface area (TPSA) is 98.3 Å². The van der Waals surface area contributed by atoms with E-state index in [0.29, 0.717) is 28.7 Å². The third-order valence-corrected chi connectivity index (χ3v) is 4.64. The van der Waals surface area contributed by atoms with E-state index in [1.54, 1.807) is 50.9 Å². The molecule has 8 heteroatoms. The number of hydrogen-bond donors (Lipinski definition) is 2. The number of anilines is 3. The van der Waals surface area contributed by atoms with Crippen LogP contribution in [0, 0.1) is 0 Å². The number of ether oxygens (including phenoxy) is 2. The summed E-state index contributed by atoms with van der Waals surface area (Å²) in [5.41, 5.74) is 3.45. The van der Waals surface area contributed by atoms with Gasteiger partial charge in [0.2, 0.25) is 5.95 Å². The summed E-state index contributed by atoms with van der Waals surface area (Å²) in [6.45, 7) is 0. The van der Waals surface area contributed by atoms with Gasteiger partial charge in [-0.05, 0) is 54.6 Å². The number of nitrogens with zero attached hydrogens (tertiary/aromatic N) is 3. The first-order valence-electron chi connectivity index (χ1n) is 9.80. The summed E-state index contributed by atoms with van der Waals surface area (Å²) in [6, 6.07) is 18.1. The van der Waals surface area contributed by atoms with Crippen molar-refractivity contribution >= 4 is 23.2 Å². The van der Waals surface area contributed by atoms with Gasteiger partial charge in [0.05, 0.1) is 25.5 Å². The number of pyridine rings is 1. The van der Waals surface area contributed by atoms with E-state index in [1.165, 1.54) is 6.20 Å². The smallest absolute Gasteiger partial charge is 0.257 e. The second-order valence-electron chi connectivity index (χ2n) is 6.74. The summed E-state index contributed by atoms with van der Waals surface area (Å²) in [7, 11) is 3.19. The Morgan fingerprint density at radius 3 is 2.50 bits per heavy atom. The molecule has 4 aromatic rings. The molecule has 2 N–H and O–H groups in total. The van der Waals surface area contributed by atoms with E-state index in [1.807, 2.05) is 36.4 Å². The molecule has 0 spiro atoms. The Balaban J connectivity index is 1.52. The molecule has 32 heavy (non-hydrogen) atoms. The third kappa shape index (κ3) is 4.81. The fourth-order valence-electron chi connectivity index (χ4n) is 3.08. The predicted octanol–water partition coefficient (Wildman–Crippen LogP) is 4.55. The molecule has 0 fully saturated rings. The Labute approximate surface area is 185 Å². The lowest BCUT2D eigenvalue weighted by Crippen LogP contribution is -2.12. The minimum Gasteiger partial charge on any atom is -0.493 e. The predicted molar refractivity (Wildman–Crippen MR) is 122 cm³/mol. The molecular formula is C24H21N5O3. The van der Waals surface area contributed by atoms with Gasteiger partial charge < -0.3 is 20.1 Å². The lowest BCUT2D eigenvalue weighted by Gasteiger charge is -2.11. The summed E-state index contributed by atoms with van der Waals surface area (Å²) in [5.74, 6) is 1.46. The number of aromatic nitrogens is 3. The first-order chi connectivity index (χ1) is 15.7. The van der Waals surface area contributed by atoms with Crippen LogP contribution in [0.4, 0.5) is 17.3 Å². The van der Waals surface area contributed by atoms with Gasteiger partial charge in [0.15, 0.2) is 11.5 Å². The SMILES string of the molecule is COc1ccc(-c2ccnc(Nc3cccc(NC(=O)c4cccnc4)c3)n2)cc1OC. The molecule has 2 aromatic carbocycles. The van der Waals surface area contributed by atoms with Crippen LogP contribution in [0.15, 0.2) is 79.3 Å². The van der Waals surface area contributed by atoms with Gasteiger partial charge in [-0.1, -0.05) is 6.07 Å². The average Bonchev–Trinajstić information content (AvgIpc) is 2.84. The van der Waals surface area contributed by atoms with Crippen molar-refractivity contribution in [2.45, 2.75) is 0 Å². The molecule has 8 nitrogen and oxygen atoms in total. The van der Waals surface area contributed by atoms with Crippen LogP contribution in [0.3, 0.4) is 0 Å². The van der Waals surface area contributed by atoms with Crippen LogP contribution in [-0.4, -0.2) is 35.1 Å². The van der Waals surface area contributed by atoms with Gasteiger partial charge in [0, 0.05) is 35.5 Å². The van der Waals surface area contributed by atoms with E-state index >= 15 is 0 Å². The van der Waals surface area contributed by atoms with Crippen molar-refractivity contribution in [2.75, 3.05) is 24.9 Å². The standard InChI is InChI=1S/C24H21N5O3/c1-31-21-9-8-16(13-22(21)32-2)20-10-12-26-24(29-20)28-19-7-3-6-18(14-19)27-23(30)17-5-4-11-25-15-17/h3-15H,1-2H3,(H,27,30)(H,26,28,29). The summed E-state index contributed by atoms with van der Waals surface area (Å²) >= 11 is 0. The van der Waals surface area contributed by atoms with Gasteiger partial charge in [-0.3, -0.25) is 9.78 Å². The largest absolute Gasteiger partial charge is 0.493 e. The third-order valence-electron chi connectivity index (χ3n) is 4.64. The molecule has 0 aliphatic heterocycles. The number of methoxy groups -OCH3 is 2. The fourth-order valence-corrected chi connectivity index (χ4v) is 3.08. The quantitative estimate of drug-likeness (QED) is 0.446. The van der Waals surface area contributed by atoms with E-state index in [9.17, 15) is 4.79 Å². The van der Waals surface area contributed by atoms with E-state index < -0.39 is 0 Å². The van der Waals surface area contributed by atoms with Crippen LogP contribution >= 0.6 is 0 Å². The van der Waals surface area contributed by atoms with Crippen LogP contribution < -0.4 is 20.1 Å². The molecular weight excluding hydrogens is 406 g/mol. The number of carbonyl (C=O) groups is 1.